The molecular formula is C19H17N3O3S2. The molecule has 0 bridgehead atoms. The molecule has 6 nitrogen and oxygen atoms in total. The van der Waals surface area contributed by atoms with E-state index in [9.17, 15) is 9.59 Å². The zero-order valence-corrected chi connectivity index (χ0v) is 16.0. The fourth-order valence-corrected chi connectivity index (χ4v) is 3.81. The highest BCUT2D eigenvalue weighted by atomic mass is 32.2. The second kappa shape index (κ2) is 9.96. The monoisotopic (exact) mass is 399 g/mol. The van der Waals surface area contributed by atoms with Crippen molar-refractivity contribution in [1.82, 2.24) is 10.2 Å². The lowest BCUT2D eigenvalue weighted by Crippen LogP contribution is -2.18. The molecule has 138 valence electrons. The maximum absolute atomic E-state index is 12.1. The van der Waals surface area contributed by atoms with Crippen molar-refractivity contribution in [3.63, 3.8) is 0 Å². The number of ether oxygens (including phenoxy) is 1. The van der Waals surface area contributed by atoms with E-state index in [0.717, 1.165) is 5.56 Å². The normalized spacial score (nSPS) is 10.5. The molecule has 1 amide bonds. The number of amides is 1. The first-order chi connectivity index (χ1) is 13.2. The van der Waals surface area contributed by atoms with Gasteiger partial charge in [0.05, 0.1) is 12.4 Å². The summed E-state index contributed by atoms with van der Waals surface area (Å²) in [6.45, 7) is 0.302. The predicted octanol–water partition coefficient (Wildman–Crippen LogP) is 3.67. The van der Waals surface area contributed by atoms with Gasteiger partial charge in [-0.05, 0) is 5.56 Å². The van der Waals surface area contributed by atoms with E-state index in [4.69, 9.17) is 4.74 Å². The summed E-state index contributed by atoms with van der Waals surface area (Å²) in [7, 11) is 0. The molecule has 3 aromatic rings. The van der Waals surface area contributed by atoms with Crippen LogP contribution in [0.15, 0.2) is 65.0 Å². The molecule has 0 saturated heterocycles. The van der Waals surface area contributed by atoms with E-state index in [1.807, 2.05) is 48.5 Å². The Morgan fingerprint density at radius 3 is 2.44 bits per heavy atom. The van der Waals surface area contributed by atoms with Crippen molar-refractivity contribution >= 4 is 39.9 Å². The Kier molecular flexibility index (Phi) is 7.09. The third-order valence-corrected chi connectivity index (χ3v) is 5.39. The Bertz CT molecular complexity index is 885. The van der Waals surface area contributed by atoms with Crippen molar-refractivity contribution in [3.05, 3.63) is 71.8 Å². The van der Waals surface area contributed by atoms with E-state index in [1.54, 1.807) is 12.1 Å². The van der Waals surface area contributed by atoms with Crippen molar-refractivity contribution in [1.29, 1.82) is 0 Å². The zero-order valence-electron chi connectivity index (χ0n) is 14.3. The molecule has 0 radical (unpaired) electrons. The first kappa shape index (κ1) is 19.2. The summed E-state index contributed by atoms with van der Waals surface area (Å²) in [5.41, 5.74) is 1.67. The van der Waals surface area contributed by atoms with E-state index < -0.39 is 0 Å². The molecule has 0 spiro atoms. The smallest absolute Gasteiger partial charge is 0.252 e. The van der Waals surface area contributed by atoms with Crippen LogP contribution in [0, 0.1) is 0 Å². The van der Waals surface area contributed by atoms with Crippen LogP contribution in [0.4, 0.5) is 5.13 Å². The molecule has 2 aromatic carbocycles. The standard InChI is InChI=1S/C19H17N3O3S2/c23-16(15-9-5-2-6-10-15)13-26-19-22-21-18(27-19)20-17(24)12-25-11-14-7-3-1-4-8-14/h1-10H,11-13H2,(H,20,21,24). The Morgan fingerprint density at radius 1 is 1.00 bits per heavy atom. The van der Waals surface area contributed by atoms with Gasteiger partial charge in [-0.25, -0.2) is 0 Å². The Balaban J connectivity index is 1.41. The summed E-state index contributed by atoms with van der Waals surface area (Å²) in [6.07, 6.45) is 0. The Morgan fingerprint density at radius 2 is 1.70 bits per heavy atom. The largest absolute Gasteiger partial charge is 0.367 e. The second-order valence-corrected chi connectivity index (χ2v) is 7.68. The van der Waals surface area contributed by atoms with Gasteiger partial charge in [-0.15, -0.1) is 10.2 Å². The molecule has 0 aliphatic carbocycles. The minimum Gasteiger partial charge on any atom is -0.367 e. The number of nitrogens with zero attached hydrogens (tertiary/aromatic N) is 2. The summed E-state index contributed by atoms with van der Waals surface area (Å²) in [5.74, 6) is 0.00181. The van der Waals surface area contributed by atoms with Gasteiger partial charge < -0.3 is 4.74 Å². The maximum atomic E-state index is 12.1. The van der Waals surface area contributed by atoms with E-state index >= 15 is 0 Å². The van der Waals surface area contributed by atoms with Crippen LogP contribution in [0.25, 0.3) is 0 Å². The number of Topliss-reactive ketones (excluding diaryl/α,β-unsaturated/α-hetero) is 1. The van der Waals surface area contributed by atoms with E-state index in [2.05, 4.69) is 15.5 Å². The topological polar surface area (TPSA) is 81.2 Å². The lowest BCUT2D eigenvalue weighted by molar-refractivity contribution is -0.121. The third-order valence-electron chi connectivity index (χ3n) is 3.42. The van der Waals surface area contributed by atoms with Gasteiger partial charge in [0.25, 0.3) is 5.91 Å². The number of aromatic nitrogens is 2. The van der Waals surface area contributed by atoms with Crippen molar-refractivity contribution in [2.45, 2.75) is 10.9 Å². The highest BCUT2D eigenvalue weighted by molar-refractivity contribution is 8.01. The zero-order chi connectivity index (χ0) is 18.9. The quantitative estimate of drug-likeness (QED) is 0.336. The number of carbonyl (C=O) groups is 2. The van der Waals surface area contributed by atoms with Crippen molar-refractivity contribution in [3.8, 4) is 0 Å². The first-order valence-electron chi connectivity index (χ1n) is 8.17. The fourth-order valence-electron chi connectivity index (χ4n) is 2.14. The molecule has 0 saturated carbocycles. The molecule has 0 fully saturated rings. The van der Waals surface area contributed by atoms with Crippen molar-refractivity contribution in [2.24, 2.45) is 0 Å². The van der Waals surface area contributed by atoms with Crippen molar-refractivity contribution < 1.29 is 14.3 Å². The van der Waals surface area contributed by atoms with Crippen LogP contribution < -0.4 is 5.32 Å². The van der Waals surface area contributed by atoms with Gasteiger partial charge in [0.1, 0.15) is 6.61 Å². The highest BCUT2D eigenvalue weighted by Crippen LogP contribution is 2.26. The summed E-state index contributed by atoms with van der Waals surface area (Å²) >= 11 is 2.53. The van der Waals surface area contributed by atoms with Crippen LogP contribution in [0.2, 0.25) is 0 Å². The molecule has 0 atom stereocenters. The molecule has 1 heterocycles. The molecule has 1 aromatic heterocycles. The minimum atomic E-state index is -0.293. The Hall–Kier alpha value is -2.55. The summed E-state index contributed by atoms with van der Waals surface area (Å²) in [6, 6.07) is 18.7. The predicted molar refractivity (Wildman–Crippen MR) is 106 cm³/mol. The number of rotatable bonds is 9. The van der Waals surface area contributed by atoms with Gasteiger partial charge in [0.15, 0.2) is 10.1 Å². The van der Waals surface area contributed by atoms with Gasteiger partial charge in [-0.2, -0.15) is 0 Å². The average molecular weight is 399 g/mol. The van der Waals surface area contributed by atoms with Gasteiger partial charge in [-0.3, -0.25) is 14.9 Å². The molecule has 27 heavy (non-hydrogen) atoms. The summed E-state index contributed by atoms with van der Waals surface area (Å²) < 4.78 is 6.01. The van der Waals surface area contributed by atoms with Gasteiger partial charge in [0.2, 0.25) is 5.13 Å². The Labute approximate surface area is 165 Å². The van der Waals surface area contributed by atoms with Crippen molar-refractivity contribution in [2.75, 3.05) is 17.7 Å². The minimum absolute atomic E-state index is 0.0238. The molecule has 0 aliphatic rings. The summed E-state index contributed by atoms with van der Waals surface area (Å²) in [4.78, 5) is 24.0. The lowest BCUT2D eigenvalue weighted by atomic mass is 10.2. The van der Waals surface area contributed by atoms with Crippen LogP contribution in [0.3, 0.4) is 0 Å². The number of ketones is 1. The van der Waals surface area contributed by atoms with Crippen LogP contribution in [0.5, 0.6) is 0 Å². The molecule has 8 heteroatoms. The number of hydrogen-bond acceptors (Lipinski definition) is 7. The molecule has 0 unspecified atom stereocenters. The second-order valence-electron chi connectivity index (χ2n) is 5.48. The number of carbonyl (C=O) groups excluding carboxylic acids is 2. The number of benzene rings is 2. The summed E-state index contributed by atoms with van der Waals surface area (Å²) in [5, 5.41) is 10.9. The third kappa shape index (κ3) is 6.28. The highest BCUT2D eigenvalue weighted by Gasteiger charge is 2.11. The molecular weight excluding hydrogens is 382 g/mol. The maximum Gasteiger partial charge on any atom is 0.252 e. The van der Waals surface area contributed by atoms with E-state index in [-0.39, 0.29) is 24.1 Å². The first-order valence-corrected chi connectivity index (χ1v) is 9.97. The van der Waals surface area contributed by atoms with E-state index in [0.29, 0.717) is 21.6 Å². The average Bonchev–Trinajstić information content (AvgIpc) is 3.15. The molecule has 0 aliphatic heterocycles. The number of nitrogens with one attached hydrogen (secondary N) is 1. The van der Waals surface area contributed by atoms with Gasteiger partial charge in [-0.1, -0.05) is 83.8 Å². The van der Waals surface area contributed by atoms with Crippen LogP contribution in [-0.4, -0.2) is 34.2 Å². The number of anilines is 1. The number of thioether (sulfide) groups is 1. The van der Waals surface area contributed by atoms with Gasteiger partial charge >= 0.3 is 0 Å². The SMILES string of the molecule is O=C(COCc1ccccc1)Nc1nnc(SCC(=O)c2ccccc2)s1. The molecule has 1 N–H and O–H groups in total. The van der Waals surface area contributed by atoms with E-state index in [1.165, 1.54) is 23.1 Å². The number of hydrogen-bond donors (Lipinski definition) is 1. The fraction of sp³-hybridized carbons (Fsp3) is 0.158. The van der Waals surface area contributed by atoms with Gasteiger partial charge in [0, 0.05) is 5.56 Å². The lowest BCUT2D eigenvalue weighted by Gasteiger charge is -2.03. The van der Waals surface area contributed by atoms with Crippen LogP contribution in [-0.2, 0) is 16.1 Å². The van der Waals surface area contributed by atoms with Crippen LogP contribution in [0.1, 0.15) is 15.9 Å². The van der Waals surface area contributed by atoms with Crippen LogP contribution >= 0.6 is 23.1 Å². The molecule has 3 rings (SSSR count).